The lowest BCUT2D eigenvalue weighted by Gasteiger charge is -2.60. The summed E-state index contributed by atoms with van der Waals surface area (Å²) in [5.41, 5.74) is 0.538. The number of rotatable bonds is 8. The van der Waals surface area contributed by atoms with Gasteiger partial charge in [0, 0.05) is 27.7 Å². The monoisotopic (exact) mass is 721 g/mol. The molecule has 1 aliphatic heterocycles. The quantitative estimate of drug-likeness (QED) is 0.222. The predicted octanol–water partition coefficient (Wildman–Crippen LogP) is 6.15. The molecule has 0 unspecified atom stereocenters. The summed E-state index contributed by atoms with van der Waals surface area (Å²) in [7, 11) is -7.51. The van der Waals surface area contributed by atoms with E-state index in [0.29, 0.717) is 41.0 Å². The highest BCUT2D eigenvalue weighted by Crippen LogP contribution is 2.66. The first-order chi connectivity index (χ1) is 20.9. The van der Waals surface area contributed by atoms with Gasteiger partial charge in [0.05, 0.1) is 33.5 Å². The van der Waals surface area contributed by atoms with Crippen LogP contribution >= 0.6 is 27.3 Å². The minimum atomic E-state index is -4.49. The standard InChI is InChI=1S/C29H26BrF2N5O4S3/c30-19-4-2-5-20(31)26(19)44(40,41)37-21-6-1-3-18(23(21)32)24-25(42-27(36-24)29-13-16(14-29)15-29)22-7-10-33-28(35-22)34-17-8-11-43(38,39)12-9-17/h1-7,10,16-17,37H,8-9,11-15H2,(H,33,34,35). The van der Waals surface area contributed by atoms with E-state index in [1.807, 2.05) is 0 Å². The molecule has 2 N–H and O–H groups in total. The Balaban J connectivity index is 1.25. The molecule has 4 fully saturated rings. The second kappa shape index (κ2) is 10.8. The molecule has 9 nitrogen and oxygen atoms in total. The molecule has 1 saturated heterocycles. The normalized spacial score (nSPS) is 22.6. The average Bonchev–Trinajstić information content (AvgIpc) is 3.34. The van der Waals surface area contributed by atoms with E-state index in [0.717, 1.165) is 30.3 Å². The van der Waals surface area contributed by atoms with E-state index in [1.54, 1.807) is 12.3 Å². The zero-order chi connectivity index (χ0) is 30.9. The highest BCUT2D eigenvalue weighted by Gasteiger charge is 2.59. The number of nitrogens with one attached hydrogen (secondary N) is 2. The highest BCUT2D eigenvalue weighted by atomic mass is 79.9. The topological polar surface area (TPSA) is 131 Å². The van der Waals surface area contributed by atoms with Crippen LogP contribution in [0, 0.1) is 17.6 Å². The smallest absolute Gasteiger partial charge is 0.266 e. The van der Waals surface area contributed by atoms with Crippen LogP contribution in [-0.4, -0.2) is 49.3 Å². The molecule has 0 radical (unpaired) electrons. The van der Waals surface area contributed by atoms with Gasteiger partial charge in [-0.3, -0.25) is 4.72 Å². The van der Waals surface area contributed by atoms with E-state index >= 15 is 4.39 Å². The number of halogens is 3. The summed E-state index contributed by atoms with van der Waals surface area (Å²) in [6, 6.07) is 9.69. The molecule has 4 aliphatic rings. The zero-order valence-corrected chi connectivity index (χ0v) is 27.1. The molecule has 0 amide bonds. The molecule has 3 aliphatic carbocycles. The Kier molecular flexibility index (Phi) is 7.29. The molecule has 8 rings (SSSR count). The summed E-state index contributed by atoms with van der Waals surface area (Å²) in [6.45, 7) is 0. The van der Waals surface area contributed by atoms with E-state index in [2.05, 4.69) is 31.0 Å². The van der Waals surface area contributed by atoms with Crippen molar-refractivity contribution in [3.05, 3.63) is 69.8 Å². The fourth-order valence-corrected chi connectivity index (χ4v) is 11.1. The molecule has 3 heterocycles. The third-order valence-electron chi connectivity index (χ3n) is 8.58. The van der Waals surface area contributed by atoms with Crippen molar-refractivity contribution in [3.8, 4) is 21.8 Å². The van der Waals surface area contributed by atoms with E-state index in [-0.39, 0.29) is 38.7 Å². The lowest BCUT2D eigenvalue weighted by atomic mass is 9.45. The Labute approximate surface area is 265 Å². The van der Waals surface area contributed by atoms with Crippen LogP contribution in [0.1, 0.15) is 37.1 Å². The van der Waals surface area contributed by atoms with Crippen LogP contribution in [0.5, 0.6) is 0 Å². The van der Waals surface area contributed by atoms with Crippen LogP contribution < -0.4 is 10.0 Å². The molecule has 2 aromatic carbocycles. The maximum atomic E-state index is 16.2. The van der Waals surface area contributed by atoms with Crippen molar-refractivity contribution in [1.82, 2.24) is 15.0 Å². The van der Waals surface area contributed by atoms with Gasteiger partial charge in [0.25, 0.3) is 10.0 Å². The Hall–Kier alpha value is -3.01. The van der Waals surface area contributed by atoms with Gasteiger partial charge in [-0.15, -0.1) is 11.3 Å². The molecule has 44 heavy (non-hydrogen) atoms. The lowest BCUT2D eigenvalue weighted by molar-refractivity contribution is -0.0274. The van der Waals surface area contributed by atoms with Crippen molar-refractivity contribution in [3.63, 3.8) is 0 Å². The van der Waals surface area contributed by atoms with Crippen LogP contribution in [0.4, 0.5) is 20.4 Å². The highest BCUT2D eigenvalue weighted by molar-refractivity contribution is 9.10. The molecule has 230 valence electrons. The second-order valence-corrected chi connectivity index (χ2v) is 17.4. The molecular weight excluding hydrogens is 696 g/mol. The number of aromatic nitrogens is 3. The summed E-state index contributed by atoms with van der Waals surface area (Å²) in [5.74, 6) is -0.610. The zero-order valence-electron chi connectivity index (χ0n) is 23.1. The van der Waals surface area contributed by atoms with Crippen LogP contribution in [0.2, 0.25) is 0 Å². The molecule has 4 aromatic rings. The third kappa shape index (κ3) is 5.31. The first-order valence-electron chi connectivity index (χ1n) is 14.0. The van der Waals surface area contributed by atoms with Gasteiger partial charge < -0.3 is 5.32 Å². The van der Waals surface area contributed by atoms with Crippen molar-refractivity contribution in [2.75, 3.05) is 21.5 Å². The van der Waals surface area contributed by atoms with Crippen molar-refractivity contribution >= 4 is 58.8 Å². The Morgan fingerprint density at radius 3 is 2.41 bits per heavy atom. The molecule has 15 heteroatoms. The predicted molar refractivity (Wildman–Crippen MR) is 168 cm³/mol. The van der Waals surface area contributed by atoms with E-state index in [1.165, 1.54) is 41.7 Å². The number of anilines is 2. The number of nitrogens with zero attached hydrogens (tertiary/aromatic N) is 3. The first-order valence-corrected chi connectivity index (χ1v) is 18.9. The number of benzene rings is 2. The van der Waals surface area contributed by atoms with Gasteiger partial charge in [0.15, 0.2) is 5.82 Å². The minimum Gasteiger partial charge on any atom is -0.351 e. The lowest BCUT2D eigenvalue weighted by Crippen LogP contribution is -2.55. The minimum absolute atomic E-state index is 0.00887. The van der Waals surface area contributed by atoms with Crippen molar-refractivity contribution in [2.24, 2.45) is 5.92 Å². The number of sulfonamides is 1. The number of hydrogen-bond donors (Lipinski definition) is 2. The van der Waals surface area contributed by atoms with Gasteiger partial charge in [-0.25, -0.2) is 40.6 Å². The van der Waals surface area contributed by atoms with Gasteiger partial charge in [-0.05, 0) is 84.3 Å². The average molecular weight is 723 g/mol. The van der Waals surface area contributed by atoms with Crippen molar-refractivity contribution < 1.29 is 25.6 Å². The number of thiazole rings is 1. The van der Waals surface area contributed by atoms with Crippen LogP contribution in [-0.2, 0) is 25.3 Å². The van der Waals surface area contributed by atoms with Crippen molar-refractivity contribution in [1.29, 1.82) is 0 Å². The van der Waals surface area contributed by atoms with E-state index in [4.69, 9.17) is 9.97 Å². The number of hydrogen-bond acceptors (Lipinski definition) is 9. The Bertz CT molecular complexity index is 1970. The fraction of sp³-hybridized carbons (Fsp3) is 0.345. The van der Waals surface area contributed by atoms with E-state index < -0.39 is 36.4 Å². The SMILES string of the molecule is O=S1(=O)CCC(Nc2nccc(-c3sc(C45CC(C4)C5)nc3-c3cccc(NS(=O)(=O)c4c(F)cccc4Br)c3F)n2)CC1. The van der Waals surface area contributed by atoms with Gasteiger partial charge in [0.1, 0.15) is 25.6 Å². The first kappa shape index (κ1) is 29.7. The Morgan fingerprint density at radius 2 is 1.73 bits per heavy atom. The van der Waals surface area contributed by atoms with Gasteiger partial charge in [-0.1, -0.05) is 12.1 Å². The van der Waals surface area contributed by atoms with Crippen LogP contribution in [0.15, 0.2) is 58.0 Å². The van der Waals surface area contributed by atoms with Crippen LogP contribution in [0.25, 0.3) is 21.8 Å². The molecule has 3 saturated carbocycles. The molecular formula is C29H26BrF2N5O4S3. The summed E-state index contributed by atoms with van der Waals surface area (Å²) in [6.07, 6.45) is 5.57. The van der Waals surface area contributed by atoms with Crippen molar-refractivity contribution in [2.45, 2.75) is 48.5 Å². The largest absolute Gasteiger partial charge is 0.351 e. The summed E-state index contributed by atoms with van der Waals surface area (Å²) >= 11 is 4.52. The Morgan fingerprint density at radius 1 is 1.00 bits per heavy atom. The third-order valence-corrected chi connectivity index (χ3v) is 14.0. The second-order valence-electron chi connectivity index (χ2n) is 11.6. The summed E-state index contributed by atoms with van der Waals surface area (Å²) in [4.78, 5) is 13.9. The molecule has 0 spiro atoms. The van der Waals surface area contributed by atoms with Crippen LogP contribution in [0.3, 0.4) is 0 Å². The maximum Gasteiger partial charge on any atom is 0.266 e. The molecule has 0 atom stereocenters. The molecule has 2 bridgehead atoms. The number of sulfone groups is 1. The van der Waals surface area contributed by atoms with E-state index in [9.17, 15) is 21.2 Å². The molecule has 2 aromatic heterocycles. The maximum absolute atomic E-state index is 16.2. The summed E-state index contributed by atoms with van der Waals surface area (Å²) in [5, 5.41) is 4.12. The fourth-order valence-electron chi connectivity index (χ4n) is 6.14. The van der Waals surface area contributed by atoms with Gasteiger partial charge >= 0.3 is 0 Å². The van der Waals surface area contributed by atoms with Gasteiger partial charge in [-0.2, -0.15) is 0 Å². The van der Waals surface area contributed by atoms with Gasteiger partial charge in [0.2, 0.25) is 5.95 Å². The summed E-state index contributed by atoms with van der Waals surface area (Å²) < 4.78 is 82.9.